The molecule has 2 aromatic rings. The van der Waals surface area contributed by atoms with Crippen molar-refractivity contribution in [2.24, 2.45) is 7.05 Å². The van der Waals surface area contributed by atoms with E-state index in [-0.39, 0.29) is 11.5 Å². The number of benzene rings is 1. The molecule has 0 spiro atoms. The van der Waals surface area contributed by atoms with Gasteiger partial charge in [0.2, 0.25) is 0 Å². The maximum atomic E-state index is 13.4. The van der Waals surface area contributed by atoms with Crippen LogP contribution in [0.15, 0.2) is 12.1 Å². The first-order chi connectivity index (χ1) is 7.91. The highest BCUT2D eigenvalue weighted by atomic mass is 19.2. The molecule has 1 aromatic carbocycles. The van der Waals surface area contributed by atoms with E-state index in [1.165, 1.54) is 17.8 Å². The number of aromatic nitrogens is 2. The Labute approximate surface area is 93.5 Å². The van der Waals surface area contributed by atoms with E-state index in [2.05, 4.69) is 5.10 Å². The lowest BCUT2D eigenvalue weighted by Gasteiger charge is -2.02. The van der Waals surface area contributed by atoms with Crippen molar-refractivity contribution in [2.75, 3.05) is 5.73 Å². The molecule has 0 bridgehead atoms. The van der Waals surface area contributed by atoms with Crippen molar-refractivity contribution in [3.63, 3.8) is 0 Å². The molecule has 2 rings (SSSR count). The van der Waals surface area contributed by atoms with Crippen LogP contribution in [0.1, 0.15) is 0 Å². The lowest BCUT2D eigenvalue weighted by molar-refractivity contribution is 0.410. The minimum Gasteiger partial charge on any atom is -0.384 e. The molecule has 7 heteroatoms. The summed E-state index contributed by atoms with van der Waals surface area (Å²) in [5.41, 5.74) is 4.90. The molecule has 0 aliphatic rings. The number of rotatable bonds is 1. The van der Waals surface area contributed by atoms with Crippen molar-refractivity contribution in [1.82, 2.24) is 9.78 Å². The smallest absolute Gasteiger partial charge is 0.198 e. The predicted molar refractivity (Wildman–Crippen MR) is 52.9 cm³/mol. The standard InChI is InChI=1S/C10H7F4N3/c1-17-7(15)3-6(16-17)4-2-5(11)9(13)10(14)8(4)12/h2-3H,15H2,1H3. The van der Waals surface area contributed by atoms with Crippen LogP contribution in [-0.4, -0.2) is 9.78 Å². The van der Waals surface area contributed by atoms with Gasteiger partial charge in [-0.15, -0.1) is 0 Å². The number of halogens is 4. The van der Waals surface area contributed by atoms with Crippen LogP contribution in [0, 0.1) is 23.3 Å². The zero-order chi connectivity index (χ0) is 12.7. The monoisotopic (exact) mass is 245 g/mol. The Kier molecular flexibility index (Phi) is 2.53. The second kappa shape index (κ2) is 3.76. The Balaban J connectivity index is 2.68. The lowest BCUT2D eigenvalue weighted by atomic mass is 10.1. The van der Waals surface area contributed by atoms with Crippen LogP contribution < -0.4 is 5.73 Å². The second-order valence-corrected chi connectivity index (χ2v) is 3.43. The molecule has 0 saturated carbocycles. The Hall–Kier alpha value is -2.05. The van der Waals surface area contributed by atoms with Crippen molar-refractivity contribution in [3.8, 4) is 11.3 Å². The second-order valence-electron chi connectivity index (χ2n) is 3.43. The third kappa shape index (κ3) is 1.73. The first kappa shape index (κ1) is 11.4. The molecule has 0 unspecified atom stereocenters. The van der Waals surface area contributed by atoms with Crippen LogP contribution in [0.25, 0.3) is 11.3 Å². The van der Waals surface area contributed by atoms with Gasteiger partial charge in [-0.05, 0) is 6.07 Å². The van der Waals surface area contributed by atoms with Gasteiger partial charge in [0.05, 0.1) is 5.69 Å². The number of nitrogen functional groups attached to an aromatic ring is 1. The summed E-state index contributed by atoms with van der Waals surface area (Å²) in [5.74, 6) is -6.52. The number of anilines is 1. The molecule has 0 aliphatic carbocycles. The van der Waals surface area contributed by atoms with Gasteiger partial charge in [0.15, 0.2) is 23.3 Å². The fourth-order valence-electron chi connectivity index (χ4n) is 1.37. The summed E-state index contributed by atoms with van der Waals surface area (Å²) in [6.07, 6.45) is 0. The van der Waals surface area contributed by atoms with Crippen molar-refractivity contribution in [3.05, 3.63) is 35.4 Å². The molecule has 90 valence electrons. The topological polar surface area (TPSA) is 43.8 Å². The van der Waals surface area contributed by atoms with Gasteiger partial charge in [-0.3, -0.25) is 4.68 Å². The number of aryl methyl sites for hydroxylation is 1. The minimum absolute atomic E-state index is 0.0692. The molecule has 3 nitrogen and oxygen atoms in total. The summed E-state index contributed by atoms with van der Waals surface area (Å²) in [5, 5.41) is 3.75. The summed E-state index contributed by atoms with van der Waals surface area (Å²) >= 11 is 0. The lowest BCUT2D eigenvalue weighted by Crippen LogP contribution is -1.99. The summed E-state index contributed by atoms with van der Waals surface area (Å²) < 4.78 is 53.3. The third-order valence-electron chi connectivity index (χ3n) is 2.29. The van der Waals surface area contributed by atoms with Gasteiger partial charge < -0.3 is 5.73 Å². The van der Waals surface area contributed by atoms with E-state index >= 15 is 0 Å². The van der Waals surface area contributed by atoms with Gasteiger partial charge in [-0.1, -0.05) is 0 Å². The van der Waals surface area contributed by atoms with Crippen molar-refractivity contribution in [1.29, 1.82) is 0 Å². The average molecular weight is 245 g/mol. The van der Waals surface area contributed by atoms with Crippen LogP contribution in [0.4, 0.5) is 23.4 Å². The van der Waals surface area contributed by atoms with Crippen LogP contribution in [0.3, 0.4) is 0 Å². The van der Waals surface area contributed by atoms with E-state index < -0.39 is 28.8 Å². The normalized spacial score (nSPS) is 10.9. The molecule has 0 atom stereocenters. The Morgan fingerprint density at radius 2 is 1.71 bits per heavy atom. The summed E-state index contributed by atoms with van der Waals surface area (Å²) in [6, 6.07) is 1.77. The van der Waals surface area contributed by atoms with E-state index in [1.54, 1.807) is 0 Å². The van der Waals surface area contributed by atoms with Crippen LogP contribution in [-0.2, 0) is 7.05 Å². The average Bonchev–Trinajstić information content (AvgIpc) is 2.61. The minimum atomic E-state index is -1.87. The van der Waals surface area contributed by atoms with Gasteiger partial charge in [0, 0.05) is 18.7 Å². The zero-order valence-electron chi connectivity index (χ0n) is 8.64. The highest BCUT2D eigenvalue weighted by Crippen LogP contribution is 2.27. The molecule has 1 heterocycles. The third-order valence-corrected chi connectivity index (χ3v) is 2.29. The molecule has 0 amide bonds. The molecule has 2 N–H and O–H groups in total. The molecular formula is C10H7F4N3. The van der Waals surface area contributed by atoms with Gasteiger partial charge in [-0.25, -0.2) is 17.6 Å². The molecule has 0 aliphatic heterocycles. The van der Waals surface area contributed by atoms with E-state index in [0.717, 1.165) is 0 Å². The molecular weight excluding hydrogens is 238 g/mol. The van der Waals surface area contributed by atoms with Crippen LogP contribution in [0.5, 0.6) is 0 Å². The number of nitrogens with two attached hydrogens (primary N) is 1. The Morgan fingerprint density at radius 3 is 2.24 bits per heavy atom. The first-order valence-corrected chi connectivity index (χ1v) is 4.54. The zero-order valence-corrected chi connectivity index (χ0v) is 8.64. The van der Waals surface area contributed by atoms with E-state index in [1.807, 2.05) is 0 Å². The molecule has 17 heavy (non-hydrogen) atoms. The van der Waals surface area contributed by atoms with E-state index in [0.29, 0.717) is 6.07 Å². The first-order valence-electron chi connectivity index (χ1n) is 4.54. The van der Waals surface area contributed by atoms with Crippen LogP contribution >= 0.6 is 0 Å². The Morgan fingerprint density at radius 1 is 1.06 bits per heavy atom. The van der Waals surface area contributed by atoms with Crippen molar-refractivity contribution >= 4 is 5.82 Å². The van der Waals surface area contributed by atoms with Crippen LogP contribution in [0.2, 0.25) is 0 Å². The molecule has 0 fully saturated rings. The highest BCUT2D eigenvalue weighted by molar-refractivity contribution is 5.63. The maximum absolute atomic E-state index is 13.4. The highest BCUT2D eigenvalue weighted by Gasteiger charge is 2.21. The maximum Gasteiger partial charge on any atom is 0.198 e. The van der Waals surface area contributed by atoms with Gasteiger partial charge in [0.1, 0.15) is 5.82 Å². The molecule has 0 saturated heterocycles. The fourth-order valence-corrected chi connectivity index (χ4v) is 1.37. The SMILES string of the molecule is Cn1nc(-c2cc(F)c(F)c(F)c2F)cc1N. The molecule has 0 radical (unpaired) electrons. The number of hydrogen-bond donors (Lipinski definition) is 1. The van der Waals surface area contributed by atoms with E-state index in [4.69, 9.17) is 5.73 Å². The van der Waals surface area contributed by atoms with Crippen molar-refractivity contribution in [2.45, 2.75) is 0 Å². The van der Waals surface area contributed by atoms with Crippen molar-refractivity contribution < 1.29 is 17.6 Å². The Bertz CT molecular complexity index is 572. The van der Waals surface area contributed by atoms with E-state index in [9.17, 15) is 17.6 Å². The predicted octanol–water partition coefficient (Wildman–Crippen LogP) is 2.23. The van der Waals surface area contributed by atoms with Gasteiger partial charge in [0.25, 0.3) is 0 Å². The molecule has 1 aromatic heterocycles. The number of hydrogen-bond acceptors (Lipinski definition) is 2. The number of nitrogens with zero attached hydrogens (tertiary/aromatic N) is 2. The largest absolute Gasteiger partial charge is 0.384 e. The summed E-state index contributed by atoms with van der Waals surface area (Å²) in [4.78, 5) is 0. The van der Waals surface area contributed by atoms with Gasteiger partial charge in [-0.2, -0.15) is 5.10 Å². The summed E-state index contributed by atoms with van der Waals surface area (Å²) in [7, 11) is 1.48. The van der Waals surface area contributed by atoms with Gasteiger partial charge >= 0.3 is 0 Å². The fraction of sp³-hybridized carbons (Fsp3) is 0.100. The quantitative estimate of drug-likeness (QED) is 0.475. The summed E-state index contributed by atoms with van der Waals surface area (Å²) in [6.45, 7) is 0.